The van der Waals surface area contributed by atoms with Gasteiger partial charge in [0.2, 0.25) is 5.88 Å². The Balaban J connectivity index is 0.000000177. The number of benzene rings is 4. The number of ether oxygens (including phenoxy) is 7. The molecule has 116 heavy (non-hydrogen) atoms. The van der Waals surface area contributed by atoms with Gasteiger partial charge in [-0.05, 0) is 106 Å². The topological polar surface area (TPSA) is 495 Å². The fourth-order valence-corrected chi connectivity index (χ4v) is 10.0. The Kier molecular flexibility index (Phi) is 26.0. The first-order chi connectivity index (χ1) is 54.7. The van der Waals surface area contributed by atoms with Gasteiger partial charge in [-0.3, -0.25) is 19.9 Å². The van der Waals surface area contributed by atoms with Crippen molar-refractivity contribution < 1.29 is 154 Å². The molecule has 0 saturated heterocycles. The summed E-state index contributed by atoms with van der Waals surface area (Å²) in [5.41, 5.74) is -1.75. The molecule has 8 aromatic heterocycles. The number of carboxylic acids is 5. The van der Waals surface area contributed by atoms with Crippen molar-refractivity contribution in [1.29, 1.82) is 0 Å². The minimum atomic E-state index is -4.95. The molecule has 0 amide bonds. The summed E-state index contributed by atoms with van der Waals surface area (Å²) in [4.78, 5) is 128. The van der Waals surface area contributed by atoms with Gasteiger partial charge in [0.15, 0.2) is 23.0 Å². The van der Waals surface area contributed by atoms with Gasteiger partial charge in [0.1, 0.15) is 62.2 Å². The van der Waals surface area contributed by atoms with Crippen LogP contribution in [0.1, 0.15) is 104 Å². The third-order valence-electron chi connectivity index (χ3n) is 14.6. The molecular weight excluding hydrogens is 1590 g/mol. The van der Waals surface area contributed by atoms with Crippen molar-refractivity contribution in [2.75, 3.05) is 41.1 Å². The number of nitrogens with zero attached hydrogens (tertiary/aromatic N) is 9. The molecular formula is C69H48F12N14O21. The average Bonchev–Trinajstić information content (AvgIpc) is 1.04. The van der Waals surface area contributed by atoms with Gasteiger partial charge in [-0.2, -0.15) is 0 Å². The van der Waals surface area contributed by atoms with E-state index in [9.17, 15) is 117 Å². The number of carboxylic acid groups (broad SMARTS) is 5. The number of pyridine rings is 5. The molecule has 8 heterocycles. The number of carbonyl (C=O) groups is 8. The lowest BCUT2D eigenvalue weighted by Crippen LogP contribution is -2.17. The molecule has 0 atom stereocenters. The number of rotatable bonds is 23. The van der Waals surface area contributed by atoms with E-state index >= 15 is 0 Å². The maximum absolute atomic E-state index is 12.6. The molecule has 35 nitrogen and oxygen atoms in total. The number of aromatic carboxylic acids is 5. The Labute approximate surface area is 635 Å². The van der Waals surface area contributed by atoms with Gasteiger partial charge in [-0.1, -0.05) is 5.16 Å². The molecule has 0 aliphatic heterocycles. The molecule has 0 aliphatic carbocycles. The third-order valence-corrected chi connectivity index (χ3v) is 14.6. The average molecular weight is 1640 g/mol. The second-order valence-corrected chi connectivity index (χ2v) is 22.1. The largest absolute Gasteiger partial charge is 0.573 e. The summed E-state index contributed by atoms with van der Waals surface area (Å²) in [5, 5.41) is 60.4. The van der Waals surface area contributed by atoms with E-state index in [1.54, 1.807) is 20.8 Å². The number of halogens is 12. The van der Waals surface area contributed by atoms with Crippen LogP contribution in [0.4, 0.5) is 98.8 Å². The first-order valence-electron chi connectivity index (χ1n) is 32.0. The summed E-state index contributed by atoms with van der Waals surface area (Å²) in [6, 6.07) is 15.8. The van der Waals surface area contributed by atoms with Crippen LogP contribution in [0.25, 0.3) is 43.6 Å². The number of H-pyrrole nitrogens is 1. The van der Waals surface area contributed by atoms with Crippen LogP contribution in [-0.4, -0.2) is 169 Å². The van der Waals surface area contributed by atoms with E-state index in [2.05, 4.69) is 90.2 Å². The molecule has 0 bridgehead atoms. The summed E-state index contributed by atoms with van der Waals surface area (Å²) in [7, 11) is 0. The van der Waals surface area contributed by atoms with Gasteiger partial charge in [0.25, 0.3) is 0 Å². The smallest absolute Gasteiger partial charge is 0.478 e. The van der Waals surface area contributed by atoms with Gasteiger partial charge in [0.05, 0.1) is 77.2 Å². The van der Waals surface area contributed by atoms with Crippen molar-refractivity contribution >= 4 is 137 Å². The molecule has 604 valence electrons. The van der Waals surface area contributed by atoms with E-state index in [1.807, 2.05) is 0 Å². The summed E-state index contributed by atoms with van der Waals surface area (Å²) in [6.45, 7) is 4.80. The molecule has 12 rings (SSSR count). The summed E-state index contributed by atoms with van der Waals surface area (Å²) >= 11 is 0. The van der Waals surface area contributed by atoms with Crippen molar-refractivity contribution in [3.05, 3.63) is 186 Å². The molecule has 0 saturated carbocycles. The van der Waals surface area contributed by atoms with Gasteiger partial charge in [0, 0.05) is 64.9 Å². The van der Waals surface area contributed by atoms with Gasteiger partial charge >= 0.3 is 73.2 Å². The first kappa shape index (κ1) is 84.5. The Hall–Kier alpha value is -15.5. The first-order valence-corrected chi connectivity index (χ1v) is 32.0. The number of aromatic nitrogens is 10. The second kappa shape index (κ2) is 35.7. The van der Waals surface area contributed by atoms with Crippen molar-refractivity contribution in [2.24, 2.45) is 0 Å². The van der Waals surface area contributed by atoms with E-state index in [0.717, 1.165) is 85.8 Å². The number of fused-ring (bicyclic) bond motifs is 4. The van der Waals surface area contributed by atoms with Gasteiger partial charge < -0.3 is 89.5 Å². The van der Waals surface area contributed by atoms with E-state index in [-0.39, 0.29) is 143 Å². The number of nitrogens with one attached hydrogen (secondary N) is 5. The SMILES string of the molecule is CCOC(=O)c1cnc2ccc(OC(F)(F)F)cc2c1Nc1nc[nH]c1C(=O)O.CCOC(=O)c1cnc2ccc(OC(F)(F)F)cc2c1Nc1nccnc1C(=O)O.CCOC(=O)c1cnc2ccc(OC(F)(F)F)cc2c1Nc1oncc1C(=O)O.O=C(O)c1cccnc1Nc1c(C(=O)O)cnc2ccc(OC(F)(F)F)cc12. The number of anilines is 8. The van der Waals surface area contributed by atoms with Crippen LogP contribution >= 0.6 is 0 Å². The van der Waals surface area contributed by atoms with Crippen LogP contribution in [0, 0.1) is 0 Å². The minimum Gasteiger partial charge on any atom is -0.478 e. The summed E-state index contributed by atoms with van der Waals surface area (Å²) < 4.78 is 186. The maximum Gasteiger partial charge on any atom is 0.573 e. The molecule has 12 aromatic rings. The summed E-state index contributed by atoms with van der Waals surface area (Å²) in [6.07, 6.45) is -9.60. The Bertz CT molecular complexity index is 5580. The van der Waals surface area contributed by atoms with Crippen LogP contribution in [-0.2, 0) is 14.2 Å². The predicted molar refractivity (Wildman–Crippen MR) is 371 cm³/mol. The highest BCUT2D eigenvalue weighted by Crippen LogP contribution is 2.40. The Morgan fingerprint density at radius 3 is 1.10 bits per heavy atom. The number of aromatic amines is 1. The van der Waals surface area contributed by atoms with Crippen LogP contribution in [0.15, 0.2) is 145 Å². The molecule has 0 unspecified atom stereocenters. The molecule has 47 heteroatoms. The maximum atomic E-state index is 12.6. The lowest BCUT2D eigenvalue weighted by Gasteiger charge is -2.15. The van der Waals surface area contributed by atoms with E-state index in [1.165, 1.54) is 55.0 Å². The molecule has 0 fully saturated rings. The zero-order valence-corrected chi connectivity index (χ0v) is 58.2. The van der Waals surface area contributed by atoms with Crippen molar-refractivity contribution in [2.45, 2.75) is 46.2 Å². The number of esters is 3. The van der Waals surface area contributed by atoms with E-state index < -0.39 is 107 Å². The third kappa shape index (κ3) is 21.7. The van der Waals surface area contributed by atoms with Crippen LogP contribution in [0.5, 0.6) is 23.0 Å². The monoisotopic (exact) mass is 1640 g/mol. The molecule has 0 aliphatic rings. The zero-order chi connectivity index (χ0) is 84.7. The number of hydrogen-bond acceptors (Lipinski definition) is 29. The zero-order valence-electron chi connectivity index (χ0n) is 58.2. The molecule has 0 radical (unpaired) electrons. The normalized spacial score (nSPS) is 11.3. The van der Waals surface area contributed by atoms with Crippen LogP contribution in [0.2, 0.25) is 0 Å². The van der Waals surface area contributed by atoms with E-state index in [4.69, 9.17) is 18.7 Å². The minimum absolute atomic E-state index is 0.0240. The highest BCUT2D eigenvalue weighted by molar-refractivity contribution is 6.11. The van der Waals surface area contributed by atoms with Crippen molar-refractivity contribution in [3.63, 3.8) is 0 Å². The molecule has 0 spiro atoms. The predicted octanol–water partition coefficient (Wildman–Crippen LogP) is 14.4. The standard InChI is InChI=1S/C18H13F3N4O5.C17H13F3N4O5.C17H12F3N3O6.C17H10F3N3O5/c1-2-29-17(28)11-8-24-12-4-3-9(30-18(19,20)21)7-10(12)13(11)25-15-14(16(26)27)22-5-6-23-15;1-2-28-16(27)10-6-21-11-4-3-8(29-17(18,19)20)5-9(11)12(10)24-14-13(15(25)26)22-7-23-14;1-2-27-16(26)10-6-21-12-4-3-8(28-17(18,19)20)5-9(12)13(10)23-14-11(15(24)25)7-22-29-14;18-17(19,20)28-8-3-4-12-10(6-8)13(11(7-22-12)16(26)27)23-14-9(15(24)25)2-1-5-21-14/h3-8H,2H2,1H3,(H,26,27)(H,23,24,25);3-7H,2H2,1H3,(H,21,24)(H,22,23)(H,25,26);3-7H,2H2,1H3,(H,21,23)(H,24,25);1-7H,(H,24,25)(H,26,27)(H,21,22,23). The lowest BCUT2D eigenvalue weighted by molar-refractivity contribution is -0.275. The van der Waals surface area contributed by atoms with Crippen LogP contribution in [0.3, 0.4) is 0 Å². The fraction of sp³-hybridized carbons (Fsp3) is 0.145. The second-order valence-electron chi connectivity index (χ2n) is 22.1. The lowest BCUT2D eigenvalue weighted by atomic mass is 10.1. The number of hydrogen-bond donors (Lipinski definition) is 10. The summed E-state index contributed by atoms with van der Waals surface area (Å²) in [5.74, 6) is -12.5. The van der Waals surface area contributed by atoms with Crippen molar-refractivity contribution in [3.8, 4) is 23.0 Å². The molecule has 4 aromatic carbocycles. The number of carbonyl (C=O) groups excluding carboxylic acids is 3. The van der Waals surface area contributed by atoms with E-state index in [0.29, 0.717) is 0 Å². The highest BCUT2D eigenvalue weighted by atomic mass is 19.4. The quantitative estimate of drug-likeness (QED) is 0.0161. The molecule has 10 N–H and O–H groups in total. The Morgan fingerprint density at radius 2 is 0.733 bits per heavy atom. The van der Waals surface area contributed by atoms with Gasteiger partial charge in [-0.15, -0.1) is 52.7 Å². The van der Waals surface area contributed by atoms with Crippen molar-refractivity contribution in [1.82, 2.24) is 50.0 Å². The highest BCUT2D eigenvalue weighted by Gasteiger charge is 2.36. The number of imidazole rings is 1. The Morgan fingerprint density at radius 1 is 0.379 bits per heavy atom. The van der Waals surface area contributed by atoms with Crippen LogP contribution < -0.4 is 40.2 Å². The number of alkyl halides is 12. The fourth-order valence-electron chi connectivity index (χ4n) is 10.0. The van der Waals surface area contributed by atoms with Gasteiger partial charge in [-0.25, -0.2) is 58.3 Å².